The molecule has 116 valence electrons. The molecule has 0 aromatic carbocycles. The van der Waals surface area contributed by atoms with Gasteiger partial charge in [0.25, 0.3) is 0 Å². The van der Waals surface area contributed by atoms with Gasteiger partial charge in [-0.15, -0.1) is 10.2 Å². The van der Waals surface area contributed by atoms with Gasteiger partial charge in [-0.25, -0.2) is 0 Å². The molecule has 1 aromatic heterocycles. The monoisotopic (exact) mass is 289 g/mol. The van der Waals surface area contributed by atoms with E-state index in [1.165, 1.54) is 76.5 Å². The third kappa shape index (κ3) is 2.86. The Morgan fingerprint density at radius 2 is 1.95 bits per heavy atom. The van der Waals surface area contributed by atoms with Crippen molar-refractivity contribution in [2.24, 2.45) is 5.92 Å². The number of aryl methyl sites for hydroxylation is 1. The number of piperidine rings is 2. The maximum Gasteiger partial charge on any atom is 0.137 e. The first-order chi connectivity index (χ1) is 10.4. The first-order valence-corrected chi connectivity index (χ1v) is 8.75. The minimum absolute atomic E-state index is 0.611. The Balaban J connectivity index is 1.40. The van der Waals surface area contributed by atoms with Crippen LogP contribution in [0.25, 0.3) is 0 Å². The van der Waals surface area contributed by atoms with Crippen LogP contribution in [0.4, 0.5) is 0 Å². The lowest BCUT2D eigenvalue weighted by Crippen LogP contribution is -2.41. The zero-order valence-electron chi connectivity index (χ0n) is 12.9. The smallest absolute Gasteiger partial charge is 0.137 e. The van der Waals surface area contributed by atoms with Crippen LogP contribution in [0.3, 0.4) is 0 Å². The Labute approximate surface area is 127 Å². The van der Waals surface area contributed by atoms with Crippen molar-refractivity contribution in [2.45, 2.75) is 51.0 Å². The van der Waals surface area contributed by atoms with Crippen LogP contribution >= 0.6 is 0 Å². The Kier molecular flexibility index (Phi) is 3.95. The Morgan fingerprint density at radius 1 is 1.05 bits per heavy atom. The zero-order chi connectivity index (χ0) is 14.1. The zero-order valence-corrected chi connectivity index (χ0v) is 12.9. The molecule has 0 radical (unpaired) electrons. The van der Waals surface area contributed by atoms with E-state index in [2.05, 4.69) is 25.0 Å². The summed E-state index contributed by atoms with van der Waals surface area (Å²) in [5, 5.41) is 12.4. The standard InChI is InChI=1S/C16H27N5/c1-3-14(16-19-18-15-4-2-10-21(15)16)12-20(9-1)11-13-5-7-17-8-6-13/h13-14,17H,1-12H2/t14-/m0/s1. The lowest BCUT2D eigenvalue weighted by atomic mass is 9.93. The highest BCUT2D eigenvalue weighted by molar-refractivity contribution is 5.07. The molecule has 2 saturated heterocycles. The van der Waals surface area contributed by atoms with Crippen molar-refractivity contribution in [1.82, 2.24) is 25.0 Å². The fourth-order valence-electron chi connectivity index (χ4n) is 4.34. The molecule has 5 nitrogen and oxygen atoms in total. The van der Waals surface area contributed by atoms with Crippen LogP contribution in [-0.4, -0.2) is 52.4 Å². The molecule has 21 heavy (non-hydrogen) atoms. The van der Waals surface area contributed by atoms with Crippen molar-refractivity contribution in [3.63, 3.8) is 0 Å². The third-order valence-electron chi connectivity index (χ3n) is 5.48. The van der Waals surface area contributed by atoms with E-state index in [0.29, 0.717) is 5.92 Å². The van der Waals surface area contributed by atoms with Gasteiger partial charge in [-0.1, -0.05) is 0 Å². The van der Waals surface area contributed by atoms with Crippen LogP contribution in [0.2, 0.25) is 0 Å². The number of nitrogens with one attached hydrogen (secondary N) is 1. The molecular formula is C16H27N5. The summed E-state index contributed by atoms with van der Waals surface area (Å²) < 4.78 is 2.40. The molecule has 0 spiro atoms. The van der Waals surface area contributed by atoms with E-state index in [1.54, 1.807) is 0 Å². The van der Waals surface area contributed by atoms with Gasteiger partial charge in [0, 0.05) is 32.0 Å². The summed E-state index contributed by atoms with van der Waals surface area (Å²) in [5.74, 6) is 4.01. The van der Waals surface area contributed by atoms with Crippen LogP contribution in [-0.2, 0) is 13.0 Å². The SMILES string of the molecule is C1C[C@H](c2nnc3n2CCC3)CN(CC2CCNCC2)C1. The van der Waals surface area contributed by atoms with Gasteiger partial charge in [0.05, 0.1) is 0 Å². The summed E-state index contributed by atoms with van der Waals surface area (Å²) in [5.41, 5.74) is 0. The molecule has 0 amide bonds. The first-order valence-electron chi connectivity index (χ1n) is 8.75. The number of hydrogen-bond donors (Lipinski definition) is 1. The van der Waals surface area contributed by atoms with E-state index < -0.39 is 0 Å². The van der Waals surface area contributed by atoms with E-state index in [4.69, 9.17) is 0 Å². The summed E-state index contributed by atoms with van der Waals surface area (Å²) in [4.78, 5) is 2.70. The van der Waals surface area contributed by atoms with Crippen molar-refractivity contribution in [1.29, 1.82) is 0 Å². The Bertz CT molecular complexity index is 477. The molecule has 0 aliphatic carbocycles. The Morgan fingerprint density at radius 3 is 2.86 bits per heavy atom. The lowest BCUT2D eigenvalue weighted by Gasteiger charge is -2.35. The summed E-state index contributed by atoms with van der Waals surface area (Å²) in [6, 6.07) is 0. The van der Waals surface area contributed by atoms with Gasteiger partial charge >= 0.3 is 0 Å². The fraction of sp³-hybridized carbons (Fsp3) is 0.875. The molecule has 2 fully saturated rings. The van der Waals surface area contributed by atoms with E-state index in [1.807, 2.05) is 0 Å². The molecule has 1 N–H and O–H groups in total. The van der Waals surface area contributed by atoms with Crippen molar-refractivity contribution in [3.05, 3.63) is 11.6 Å². The maximum absolute atomic E-state index is 4.52. The minimum atomic E-state index is 0.611. The number of likely N-dealkylation sites (tertiary alicyclic amines) is 1. The van der Waals surface area contributed by atoms with Crippen LogP contribution in [0, 0.1) is 5.92 Å². The molecular weight excluding hydrogens is 262 g/mol. The summed E-state index contributed by atoms with van der Waals surface area (Å²) in [6.07, 6.45) is 7.68. The van der Waals surface area contributed by atoms with Gasteiger partial charge in [0.15, 0.2) is 0 Å². The van der Waals surface area contributed by atoms with Crippen LogP contribution in [0.5, 0.6) is 0 Å². The maximum atomic E-state index is 4.52. The Hall–Kier alpha value is -0.940. The predicted molar refractivity (Wildman–Crippen MR) is 82.4 cm³/mol. The second kappa shape index (κ2) is 6.05. The van der Waals surface area contributed by atoms with E-state index in [-0.39, 0.29) is 0 Å². The van der Waals surface area contributed by atoms with Gasteiger partial charge in [0.2, 0.25) is 0 Å². The molecule has 5 heteroatoms. The lowest BCUT2D eigenvalue weighted by molar-refractivity contribution is 0.160. The highest BCUT2D eigenvalue weighted by atomic mass is 15.3. The van der Waals surface area contributed by atoms with Crippen molar-refractivity contribution < 1.29 is 0 Å². The summed E-state index contributed by atoms with van der Waals surface area (Å²) in [6.45, 7) is 7.32. The van der Waals surface area contributed by atoms with E-state index >= 15 is 0 Å². The molecule has 0 unspecified atom stereocenters. The van der Waals surface area contributed by atoms with Crippen molar-refractivity contribution in [2.75, 3.05) is 32.7 Å². The molecule has 1 aromatic rings. The average molecular weight is 289 g/mol. The molecule has 3 aliphatic heterocycles. The van der Waals surface area contributed by atoms with E-state index in [9.17, 15) is 0 Å². The highest BCUT2D eigenvalue weighted by Crippen LogP contribution is 2.29. The molecule has 4 heterocycles. The van der Waals surface area contributed by atoms with Gasteiger partial charge in [0.1, 0.15) is 11.6 Å². The van der Waals surface area contributed by atoms with Crippen LogP contribution in [0.15, 0.2) is 0 Å². The third-order valence-corrected chi connectivity index (χ3v) is 5.48. The molecule has 0 saturated carbocycles. The predicted octanol–water partition coefficient (Wildman–Crippen LogP) is 1.40. The van der Waals surface area contributed by atoms with Crippen molar-refractivity contribution in [3.8, 4) is 0 Å². The largest absolute Gasteiger partial charge is 0.317 e. The fourth-order valence-corrected chi connectivity index (χ4v) is 4.34. The van der Waals surface area contributed by atoms with Crippen LogP contribution < -0.4 is 5.32 Å². The van der Waals surface area contributed by atoms with Gasteiger partial charge in [-0.2, -0.15) is 0 Å². The number of fused-ring (bicyclic) bond motifs is 1. The highest BCUT2D eigenvalue weighted by Gasteiger charge is 2.29. The van der Waals surface area contributed by atoms with Gasteiger partial charge in [-0.05, 0) is 57.7 Å². The molecule has 0 bridgehead atoms. The first kappa shape index (κ1) is 13.7. The number of aromatic nitrogens is 3. The normalized spacial score (nSPS) is 27.9. The molecule has 3 aliphatic rings. The molecule has 1 atom stereocenters. The van der Waals surface area contributed by atoms with Crippen molar-refractivity contribution >= 4 is 0 Å². The quantitative estimate of drug-likeness (QED) is 0.914. The number of rotatable bonds is 3. The topological polar surface area (TPSA) is 46.0 Å². The minimum Gasteiger partial charge on any atom is -0.317 e. The second-order valence-electron chi connectivity index (χ2n) is 7.02. The second-order valence-corrected chi connectivity index (χ2v) is 7.02. The van der Waals surface area contributed by atoms with Gasteiger partial charge in [-0.3, -0.25) is 0 Å². The van der Waals surface area contributed by atoms with Crippen LogP contribution in [0.1, 0.15) is 49.7 Å². The number of nitrogens with zero attached hydrogens (tertiary/aromatic N) is 4. The van der Waals surface area contributed by atoms with Gasteiger partial charge < -0.3 is 14.8 Å². The number of hydrogen-bond acceptors (Lipinski definition) is 4. The summed E-state index contributed by atoms with van der Waals surface area (Å²) >= 11 is 0. The van der Waals surface area contributed by atoms with E-state index in [0.717, 1.165) is 18.9 Å². The summed E-state index contributed by atoms with van der Waals surface area (Å²) in [7, 11) is 0. The average Bonchev–Trinajstić information content (AvgIpc) is 3.11. The molecule has 4 rings (SSSR count).